The predicted octanol–water partition coefficient (Wildman–Crippen LogP) is 3.16. The summed E-state index contributed by atoms with van der Waals surface area (Å²) in [6.45, 7) is 5.64. The van der Waals surface area contributed by atoms with Crippen molar-refractivity contribution in [2.45, 2.75) is 50.6 Å². The molecule has 6 heteroatoms. The van der Waals surface area contributed by atoms with E-state index in [0.29, 0.717) is 12.0 Å². The highest BCUT2D eigenvalue weighted by molar-refractivity contribution is 7.89. The van der Waals surface area contributed by atoms with Gasteiger partial charge in [0.2, 0.25) is 10.0 Å². The summed E-state index contributed by atoms with van der Waals surface area (Å²) in [7, 11) is -3.14. The van der Waals surface area contributed by atoms with Gasteiger partial charge in [0.1, 0.15) is 0 Å². The minimum absolute atomic E-state index is 0.0231. The van der Waals surface area contributed by atoms with Gasteiger partial charge in [0.15, 0.2) is 0 Å². The van der Waals surface area contributed by atoms with Crippen molar-refractivity contribution in [1.29, 1.82) is 0 Å². The Bertz CT molecular complexity index is 1010. The molecule has 2 aromatic rings. The average Bonchev–Trinajstić information content (AvgIpc) is 2.71. The average molecular weight is 440 g/mol. The van der Waals surface area contributed by atoms with Crippen molar-refractivity contribution in [2.24, 2.45) is 0 Å². The number of aryl methyl sites for hydroxylation is 1. The van der Waals surface area contributed by atoms with E-state index in [1.165, 1.54) is 48.3 Å². The molecular weight excluding hydrogens is 406 g/mol. The molecule has 0 saturated carbocycles. The maximum Gasteiger partial charge on any atom is 0.211 e. The number of sulfonamides is 1. The molecule has 0 bridgehead atoms. The number of nitrogens with zero attached hydrogens (tertiary/aromatic N) is 2. The third-order valence-corrected chi connectivity index (χ3v) is 8.79. The first-order chi connectivity index (χ1) is 15.0. The van der Waals surface area contributed by atoms with Gasteiger partial charge in [-0.25, -0.2) is 13.1 Å². The zero-order valence-corrected chi connectivity index (χ0v) is 19.2. The number of anilines is 1. The summed E-state index contributed by atoms with van der Waals surface area (Å²) in [6, 6.07) is 18.5. The molecule has 31 heavy (non-hydrogen) atoms. The van der Waals surface area contributed by atoms with Crippen LogP contribution < -0.4 is 9.62 Å². The smallest absolute Gasteiger partial charge is 0.211 e. The van der Waals surface area contributed by atoms with Crippen molar-refractivity contribution in [3.63, 3.8) is 0 Å². The first-order valence-electron chi connectivity index (χ1n) is 11.7. The number of likely N-dealkylation sites (tertiary alicyclic amines) is 1. The Labute approximate surface area is 186 Å². The number of hydrogen-bond donors (Lipinski definition) is 1. The first-order valence-corrected chi connectivity index (χ1v) is 13.3. The van der Waals surface area contributed by atoms with E-state index >= 15 is 0 Å². The molecule has 1 aliphatic carbocycles. The van der Waals surface area contributed by atoms with E-state index in [-0.39, 0.29) is 11.8 Å². The van der Waals surface area contributed by atoms with Crippen LogP contribution in [0.15, 0.2) is 48.5 Å². The van der Waals surface area contributed by atoms with Gasteiger partial charge in [0, 0.05) is 30.7 Å². The van der Waals surface area contributed by atoms with Gasteiger partial charge in [-0.15, -0.1) is 0 Å². The number of hydrogen-bond acceptors (Lipinski definition) is 4. The van der Waals surface area contributed by atoms with Gasteiger partial charge in [-0.05, 0) is 74.5 Å². The van der Waals surface area contributed by atoms with Crippen LogP contribution in [0, 0.1) is 0 Å². The molecule has 0 spiro atoms. The minimum Gasteiger partial charge on any atom is -0.368 e. The summed E-state index contributed by atoms with van der Waals surface area (Å²) in [4.78, 5) is 4.98. The zero-order valence-electron chi connectivity index (χ0n) is 18.3. The molecule has 0 radical (unpaired) electrons. The number of benzene rings is 2. The van der Waals surface area contributed by atoms with Crippen molar-refractivity contribution < 1.29 is 8.42 Å². The van der Waals surface area contributed by atoms with Crippen LogP contribution in [0.25, 0.3) is 0 Å². The van der Waals surface area contributed by atoms with Crippen molar-refractivity contribution in [3.8, 4) is 0 Å². The molecule has 1 unspecified atom stereocenters. The highest BCUT2D eigenvalue weighted by atomic mass is 32.2. The van der Waals surface area contributed by atoms with Crippen molar-refractivity contribution in [3.05, 3.63) is 65.2 Å². The van der Waals surface area contributed by atoms with E-state index in [4.69, 9.17) is 0 Å². The van der Waals surface area contributed by atoms with Crippen LogP contribution in [0.2, 0.25) is 0 Å². The molecule has 2 aromatic carbocycles. The van der Waals surface area contributed by atoms with Crippen molar-refractivity contribution in [2.75, 3.05) is 36.8 Å². The predicted molar refractivity (Wildman–Crippen MR) is 126 cm³/mol. The maximum atomic E-state index is 11.9. The molecule has 0 aromatic heterocycles. The van der Waals surface area contributed by atoms with E-state index in [9.17, 15) is 8.42 Å². The zero-order chi connectivity index (χ0) is 21.4. The molecule has 2 heterocycles. The van der Waals surface area contributed by atoms with E-state index < -0.39 is 10.0 Å². The van der Waals surface area contributed by atoms with Crippen LogP contribution in [0.1, 0.15) is 42.4 Å². The standard InChI is InChI=1S/C25H33N3O2S/c1-2-31(29,30)26-21-17-28(18-21)22-11-9-20-10-12-25(27-13-6-14-27)24(23(20)16-22)15-19-7-4-3-5-8-19/h3-5,7-9,11,16,21,24-26H,2,6,10,12-15,17-18H2,1H3/t24-,25?/m1/s1. The second kappa shape index (κ2) is 8.57. The van der Waals surface area contributed by atoms with Gasteiger partial charge in [-0.2, -0.15) is 0 Å². The second-order valence-electron chi connectivity index (χ2n) is 9.30. The minimum atomic E-state index is -3.14. The Kier molecular flexibility index (Phi) is 5.80. The topological polar surface area (TPSA) is 52.7 Å². The maximum absolute atomic E-state index is 11.9. The molecule has 2 fully saturated rings. The van der Waals surface area contributed by atoms with Crippen LogP contribution in [-0.2, 0) is 22.9 Å². The van der Waals surface area contributed by atoms with Gasteiger partial charge in [0.05, 0.1) is 11.8 Å². The molecule has 166 valence electrons. The molecule has 2 aliphatic heterocycles. The fourth-order valence-corrected chi connectivity index (χ4v) is 6.21. The molecular formula is C25H33N3O2S. The highest BCUT2D eigenvalue weighted by Crippen LogP contribution is 2.40. The Morgan fingerprint density at radius 1 is 1.06 bits per heavy atom. The largest absolute Gasteiger partial charge is 0.368 e. The first kappa shape index (κ1) is 21.0. The third kappa shape index (κ3) is 4.38. The van der Waals surface area contributed by atoms with Crippen LogP contribution in [0.3, 0.4) is 0 Å². The normalized spacial score (nSPS) is 24.4. The molecule has 3 aliphatic rings. The Morgan fingerprint density at radius 2 is 1.84 bits per heavy atom. The fourth-order valence-electron chi connectivity index (χ4n) is 5.39. The van der Waals surface area contributed by atoms with Gasteiger partial charge in [-0.3, -0.25) is 4.90 Å². The summed E-state index contributed by atoms with van der Waals surface area (Å²) < 4.78 is 26.5. The summed E-state index contributed by atoms with van der Waals surface area (Å²) in [5.74, 6) is 0.656. The van der Waals surface area contributed by atoms with Crippen LogP contribution in [0.4, 0.5) is 5.69 Å². The Balaban J connectivity index is 1.37. The van der Waals surface area contributed by atoms with Gasteiger partial charge < -0.3 is 4.90 Å². The lowest BCUT2D eigenvalue weighted by Crippen LogP contribution is -2.59. The number of fused-ring (bicyclic) bond motifs is 1. The molecule has 1 N–H and O–H groups in total. The lowest BCUT2D eigenvalue weighted by Gasteiger charge is -2.46. The summed E-state index contributed by atoms with van der Waals surface area (Å²) in [5, 5.41) is 0. The lowest BCUT2D eigenvalue weighted by molar-refractivity contribution is 0.0877. The van der Waals surface area contributed by atoms with E-state index in [0.717, 1.165) is 25.9 Å². The van der Waals surface area contributed by atoms with Crippen LogP contribution >= 0.6 is 0 Å². The molecule has 5 nitrogen and oxygen atoms in total. The van der Waals surface area contributed by atoms with Crippen LogP contribution in [0.5, 0.6) is 0 Å². The second-order valence-corrected chi connectivity index (χ2v) is 11.3. The molecule has 2 atom stereocenters. The molecule has 0 amide bonds. The van der Waals surface area contributed by atoms with Crippen molar-refractivity contribution >= 4 is 15.7 Å². The molecule has 5 rings (SSSR count). The monoisotopic (exact) mass is 439 g/mol. The van der Waals surface area contributed by atoms with E-state index in [2.05, 4.69) is 63.1 Å². The Hall–Kier alpha value is -1.89. The van der Waals surface area contributed by atoms with Gasteiger partial charge >= 0.3 is 0 Å². The van der Waals surface area contributed by atoms with Gasteiger partial charge in [-0.1, -0.05) is 36.4 Å². The fraction of sp³-hybridized carbons (Fsp3) is 0.520. The quantitative estimate of drug-likeness (QED) is 0.720. The van der Waals surface area contributed by atoms with Crippen molar-refractivity contribution in [1.82, 2.24) is 9.62 Å². The third-order valence-electron chi connectivity index (χ3n) is 7.33. The highest BCUT2D eigenvalue weighted by Gasteiger charge is 2.37. The van der Waals surface area contributed by atoms with Crippen LogP contribution in [-0.4, -0.2) is 57.3 Å². The number of rotatable bonds is 7. The Morgan fingerprint density at radius 3 is 2.52 bits per heavy atom. The molecule has 2 saturated heterocycles. The summed E-state index contributed by atoms with van der Waals surface area (Å²) >= 11 is 0. The van der Waals surface area contributed by atoms with E-state index in [1.807, 2.05) is 0 Å². The van der Waals surface area contributed by atoms with Gasteiger partial charge in [0.25, 0.3) is 0 Å². The SMILES string of the molecule is CCS(=O)(=O)NC1CN(c2ccc3c(c2)[C@@H](Cc2ccccc2)C(N2CCC2)CC3)C1. The van der Waals surface area contributed by atoms with E-state index in [1.54, 1.807) is 6.92 Å². The lowest BCUT2D eigenvalue weighted by atomic mass is 9.74. The summed E-state index contributed by atoms with van der Waals surface area (Å²) in [5.41, 5.74) is 5.63. The summed E-state index contributed by atoms with van der Waals surface area (Å²) in [6.07, 6.45) is 4.80. The number of nitrogens with one attached hydrogen (secondary N) is 1.